The van der Waals surface area contributed by atoms with Crippen molar-refractivity contribution in [3.8, 4) is 0 Å². The van der Waals surface area contributed by atoms with Gasteiger partial charge in [-0.3, -0.25) is 0 Å². The van der Waals surface area contributed by atoms with E-state index < -0.39 is 5.97 Å². The molecule has 0 bridgehead atoms. The van der Waals surface area contributed by atoms with Crippen LogP contribution in [0.2, 0.25) is 0 Å². The van der Waals surface area contributed by atoms with Crippen LogP contribution in [0.4, 0.5) is 0 Å². The first kappa shape index (κ1) is 14.4. The van der Waals surface area contributed by atoms with Crippen LogP contribution in [0.25, 0.3) is 0 Å². The third-order valence-electron chi connectivity index (χ3n) is 1.71. The predicted octanol–water partition coefficient (Wildman–Crippen LogP) is 4.97. The zero-order valence-corrected chi connectivity index (χ0v) is 14.2. The molecule has 0 heterocycles. The van der Waals surface area contributed by atoms with Crippen LogP contribution in [0.5, 0.6) is 0 Å². The van der Waals surface area contributed by atoms with Gasteiger partial charge in [0.1, 0.15) is 6.61 Å². The monoisotopic (exact) mass is 474 g/mol. The molecule has 0 saturated heterocycles. The Hall–Kier alpha value is 0.350. The Labute approximate surface area is 127 Å². The van der Waals surface area contributed by atoms with Gasteiger partial charge in [-0.05, 0) is 69.8 Å². The second-order valence-electron chi connectivity index (χ2n) is 2.77. The summed E-state index contributed by atoms with van der Waals surface area (Å²) in [7, 11) is 0. The first-order chi connectivity index (χ1) is 7.47. The van der Waals surface area contributed by atoms with Gasteiger partial charge in [0.15, 0.2) is 0 Å². The van der Waals surface area contributed by atoms with Gasteiger partial charge < -0.3 is 4.74 Å². The van der Waals surface area contributed by atoms with Crippen LogP contribution in [0.3, 0.4) is 0 Å². The molecular weight excluding hydrogens is 472 g/mol. The highest BCUT2D eigenvalue weighted by molar-refractivity contribution is 9.15. The van der Waals surface area contributed by atoms with E-state index in [1.807, 2.05) is 6.07 Å². The minimum absolute atomic E-state index is 0.190. The molecule has 0 aliphatic rings. The highest BCUT2D eigenvalue weighted by Crippen LogP contribution is 2.39. The zero-order valence-electron chi connectivity index (χ0n) is 7.90. The Morgan fingerprint density at radius 3 is 2.44 bits per heavy atom. The Bertz CT molecular complexity index is 443. The summed E-state index contributed by atoms with van der Waals surface area (Å²) in [5, 5.41) is 0. The molecule has 16 heavy (non-hydrogen) atoms. The van der Waals surface area contributed by atoms with Gasteiger partial charge in [0, 0.05) is 29.5 Å². The van der Waals surface area contributed by atoms with Crippen molar-refractivity contribution in [1.82, 2.24) is 0 Å². The number of benzene rings is 1. The fourth-order valence-corrected chi connectivity index (χ4v) is 3.15. The second kappa shape index (κ2) is 6.33. The maximum atomic E-state index is 10.9. The molecule has 0 saturated carbocycles. The third-order valence-corrected chi connectivity index (χ3v) is 6.46. The van der Waals surface area contributed by atoms with Crippen LogP contribution in [-0.4, -0.2) is 5.97 Å². The van der Waals surface area contributed by atoms with Crippen LogP contribution < -0.4 is 0 Å². The zero-order chi connectivity index (χ0) is 12.3. The van der Waals surface area contributed by atoms with E-state index in [0.717, 1.165) is 29.5 Å². The summed E-state index contributed by atoms with van der Waals surface area (Å²) >= 11 is 13.6. The smallest absolute Gasteiger partial charge is 0.330 e. The van der Waals surface area contributed by atoms with E-state index in [0.29, 0.717) is 0 Å². The van der Waals surface area contributed by atoms with Crippen molar-refractivity contribution < 1.29 is 9.53 Å². The highest BCUT2D eigenvalue weighted by atomic mass is 79.9. The van der Waals surface area contributed by atoms with Gasteiger partial charge in [0.05, 0.1) is 0 Å². The Kier molecular flexibility index (Phi) is 5.70. The number of hydrogen-bond acceptors (Lipinski definition) is 2. The predicted molar refractivity (Wildman–Crippen MR) is 77.2 cm³/mol. The van der Waals surface area contributed by atoms with Crippen LogP contribution >= 0.6 is 63.7 Å². The standard InChI is InChI=1S/C10H6Br4O2/c1-2-7(15)16-4-5-3-6(11)9(13)10(14)8(5)12/h2-3H,1,4H2. The molecule has 1 rings (SSSR count). The molecule has 0 unspecified atom stereocenters. The number of carbonyl (C=O) groups is 1. The number of esters is 1. The molecule has 0 radical (unpaired) electrons. The molecule has 0 amide bonds. The molecule has 0 aliphatic carbocycles. The van der Waals surface area contributed by atoms with Gasteiger partial charge in [-0.25, -0.2) is 4.79 Å². The van der Waals surface area contributed by atoms with Crippen LogP contribution in [-0.2, 0) is 16.1 Å². The molecule has 0 N–H and O–H groups in total. The van der Waals surface area contributed by atoms with E-state index >= 15 is 0 Å². The van der Waals surface area contributed by atoms with Crippen molar-refractivity contribution in [3.05, 3.63) is 42.2 Å². The van der Waals surface area contributed by atoms with Crippen molar-refractivity contribution >= 4 is 69.7 Å². The van der Waals surface area contributed by atoms with Crippen LogP contribution in [0.1, 0.15) is 5.56 Å². The van der Waals surface area contributed by atoms with E-state index in [2.05, 4.69) is 70.3 Å². The van der Waals surface area contributed by atoms with E-state index in [1.165, 1.54) is 0 Å². The van der Waals surface area contributed by atoms with Gasteiger partial charge in [0.25, 0.3) is 0 Å². The molecule has 0 aromatic heterocycles. The molecule has 1 aromatic carbocycles. The lowest BCUT2D eigenvalue weighted by atomic mass is 10.2. The maximum absolute atomic E-state index is 10.9. The average Bonchev–Trinajstić information content (AvgIpc) is 2.28. The minimum Gasteiger partial charge on any atom is -0.458 e. The number of hydrogen-bond donors (Lipinski definition) is 0. The minimum atomic E-state index is -0.443. The molecule has 1 aromatic rings. The van der Waals surface area contributed by atoms with Crippen LogP contribution in [0.15, 0.2) is 36.6 Å². The van der Waals surface area contributed by atoms with E-state index in [4.69, 9.17) is 4.74 Å². The molecule has 0 spiro atoms. The summed E-state index contributed by atoms with van der Waals surface area (Å²) in [6.07, 6.45) is 1.14. The first-order valence-electron chi connectivity index (χ1n) is 4.08. The largest absolute Gasteiger partial charge is 0.458 e. The molecular formula is C10H6Br4O2. The molecule has 2 nitrogen and oxygen atoms in total. The lowest BCUT2D eigenvalue weighted by Crippen LogP contribution is -2.01. The van der Waals surface area contributed by atoms with Crippen molar-refractivity contribution in [2.24, 2.45) is 0 Å². The van der Waals surface area contributed by atoms with Gasteiger partial charge in [-0.2, -0.15) is 0 Å². The quantitative estimate of drug-likeness (QED) is 0.266. The Balaban J connectivity index is 2.97. The lowest BCUT2D eigenvalue weighted by Gasteiger charge is -2.09. The summed E-state index contributed by atoms with van der Waals surface area (Å²) in [5.74, 6) is -0.443. The first-order valence-corrected chi connectivity index (χ1v) is 7.25. The summed E-state index contributed by atoms with van der Waals surface area (Å²) in [4.78, 5) is 10.9. The molecule has 0 fully saturated rings. The van der Waals surface area contributed by atoms with Crippen molar-refractivity contribution in [2.75, 3.05) is 0 Å². The second-order valence-corrected chi connectivity index (χ2v) is 6.00. The topological polar surface area (TPSA) is 26.3 Å². The Morgan fingerprint density at radius 2 is 1.88 bits per heavy atom. The third kappa shape index (κ3) is 3.42. The fraction of sp³-hybridized carbons (Fsp3) is 0.100. The van der Waals surface area contributed by atoms with Gasteiger partial charge in [-0.1, -0.05) is 6.58 Å². The average molecular weight is 478 g/mol. The molecule has 0 atom stereocenters. The molecule has 86 valence electrons. The maximum Gasteiger partial charge on any atom is 0.330 e. The normalized spacial score (nSPS) is 10.0. The van der Waals surface area contributed by atoms with Crippen molar-refractivity contribution in [3.63, 3.8) is 0 Å². The number of carbonyl (C=O) groups excluding carboxylic acids is 1. The van der Waals surface area contributed by atoms with Crippen LogP contribution in [0, 0.1) is 0 Å². The van der Waals surface area contributed by atoms with Gasteiger partial charge in [-0.15, -0.1) is 0 Å². The Morgan fingerprint density at radius 1 is 1.25 bits per heavy atom. The number of rotatable bonds is 3. The van der Waals surface area contributed by atoms with E-state index in [-0.39, 0.29) is 6.61 Å². The lowest BCUT2D eigenvalue weighted by molar-refractivity contribution is -0.138. The molecule has 0 aliphatic heterocycles. The summed E-state index contributed by atoms with van der Waals surface area (Å²) < 4.78 is 8.46. The van der Waals surface area contributed by atoms with E-state index in [1.54, 1.807) is 0 Å². The summed E-state index contributed by atoms with van der Waals surface area (Å²) in [6, 6.07) is 1.87. The SMILES string of the molecule is C=CC(=O)OCc1cc(Br)c(Br)c(Br)c1Br. The van der Waals surface area contributed by atoms with Crippen molar-refractivity contribution in [2.45, 2.75) is 6.61 Å². The van der Waals surface area contributed by atoms with E-state index in [9.17, 15) is 4.79 Å². The summed E-state index contributed by atoms with van der Waals surface area (Å²) in [6.45, 7) is 3.52. The highest BCUT2D eigenvalue weighted by Gasteiger charge is 2.12. The fourth-order valence-electron chi connectivity index (χ4n) is 0.935. The van der Waals surface area contributed by atoms with Crippen molar-refractivity contribution in [1.29, 1.82) is 0 Å². The number of halogens is 4. The van der Waals surface area contributed by atoms with Gasteiger partial charge >= 0.3 is 5.97 Å². The molecule has 6 heteroatoms. The van der Waals surface area contributed by atoms with Gasteiger partial charge in [0.2, 0.25) is 0 Å². The summed E-state index contributed by atoms with van der Waals surface area (Å²) in [5.41, 5.74) is 0.858. The number of ether oxygens (including phenoxy) is 1.